The summed E-state index contributed by atoms with van der Waals surface area (Å²) in [6, 6.07) is 6.34. The number of hydrogen-bond donors (Lipinski definition) is 0. The lowest BCUT2D eigenvalue weighted by Crippen LogP contribution is -2.55. The number of carbonyl (C=O) groups is 1. The Kier molecular flexibility index (Phi) is 8.24. The van der Waals surface area contributed by atoms with Gasteiger partial charge in [-0.1, -0.05) is 18.7 Å². The van der Waals surface area contributed by atoms with Gasteiger partial charge in [-0.3, -0.25) is 4.79 Å². The van der Waals surface area contributed by atoms with Crippen molar-refractivity contribution in [3.8, 4) is 17.8 Å². The highest BCUT2D eigenvalue weighted by atomic mass is 19.4. The number of aromatic nitrogens is 4. The maximum Gasteiger partial charge on any atom is 0.418 e. The Morgan fingerprint density at radius 2 is 1.98 bits per heavy atom. The van der Waals surface area contributed by atoms with Crippen LogP contribution in [0.2, 0.25) is 0 Å². The Balaban J connectivity index is 1.56. The van der Waals surface area contributed by atoms with E-state index in [1.807, 2.05) is 4.90 Å². The minimum Gasteiger partial charge on any atom is -0.421 e. The average molecular weight is 579 g/mol. The van der Waals surface area contributed by atoms with Crippen molar-refractivity contribution in [2.24, 2.45) is 0 Å². The minimum atomic E-state index is -4.52. The number of aryl methyl sites for hydroxylation is 1. The fraction of sp³-hybridized carbons (Fsp3) is 0.379. The van der Waals surface area contributed by atoms with Gasteiger partial charge in [-0.2, -0.15) is 28.4 Å². The van der Waals surface area contributed by atoms with E-state index in [2.05, 4.69) is 27.6 Å². The second-order valence-electron chi connectivity index (χ2n) is 10.1. The number of nitrogens with zero attached hydrogens (tertiary/aromatic N) is 8. The summed E-state index contributed by atoms with van der Waals surface area (Å²) in [6.07, 6.45) is 2.20. The van der Waals surface area contributed by atoms with Gasteiger partial charge in [-0.05, 0) is 37.5 Å². The zero-order valence-corrected chi connectivity index (χ0v) is 23.0. The Morgan fingerprint density at radius 3 is 2.69 bits per heavy atom. The average Bonchev–Trinajstić information content (AvgIpc) is 3.19. The largest absolute Gasteiger partial charge is 0.421 e. The van der Waals surface area contributed by atoms with E-state index in [0.29, 0.717) is 56.3 Å². The number of alkyl halides is 3. The summed E-state index contributed by atoms with van der Waals surface area (Å²) in [4.78, 5) is 35.1. The van der Waals surface area contributed by atoms with Crippen LogP contribution in [-0.4, -0.2) is 63.0 Å². The minimum absolute atomic E-state index is 0.00196. The first-order chi connectivity index (χ1) is 20.2. The number of halogens is 3. The molecule has 2 aliphatic heterocycles. The molecular formula is C29H29F3N8O2. The molecule has 1 saturated heterocycles. The summed E-state index contributed by atoms with van der Waals surface area (Å²) in [5, 5.41) is 9.45. The molecule has 4 heterocycles. The fourth-order valence-corrected chi connectivity index (χ4v) is 5.56. The second kappa shape index (κ2) is 12.0. The van der Waals surface area contributed by atoms with Crippen molar-refractivity contribution in [2.45, 2.75) is 44.9 Å². The quantitative estimate of drug-likeness (QED) is 0.392. The SMILES string of the molecule is C=CC(=O)N1CCN(c2nc(Oc3cncnc3)nc3c2CCCN(c2cccc(C)c2C(F)(F)F)C3)CC1CC#N. The van der Waals surface area contributed by atoms with Crippen LogP contribution >= 0.6 is 0 Å². The number of rotatable bonds is 6. The molecule has 1 atom stereocenters. The first kappa shape index (κ1) is 28.8. The molecule has 0 radical (unpaired) electrons. The van der Waals surface area contributed by atoms with Gasteiger partial charge in [-0.15, -0.1) is 0 Å². The van der Waals surface area contributed by atoms with Gasteiger partial charge < -0.3 is 19.4 Å². The molecule has 0 bridgehead atoms. The van der Waals surface area contributed by atoms with E-state index in [9.17, 15) is 23.2 Å². The summed E-state index contributed by atoms with van der Waals surface area (Å²) >= 11 is 0. The zero-order chi connectivity index (χ0) is 29.9. The second-order valence-corrected chi connectivity index (χ2v) is 10.1. The lowest BCUT2D eigenvalue weighted by Gasteiger charge is -2.41. The van der Waals surface area contributed by atoms with Crippen molar-refractivity contribution in [3.05, 3.63) is 72.0 Å². The molecule has 2 aliphatic rings. The van der Waals surface area contributed by atoms with Crippen molar-refractivity contribution in [3.63, 3.8) is 0 Å². The molecule has 10 nitrogen and oxygen atoms in total. The maximum absolute atomic E-state index is 14.1. The lowest BCUT2D eigenvalue weighted by atomic mass is 10.0. The molecule has 42 heavy (non-hydrogen) atoms. The van der Waals surface area contributed by atoms with Gasteiger partial charge in [0.15, 0.2) is 5.75 Å². The van der Waals surface area contributed by atoms with E-state index in [1.165, 1.54) is 43.9 Å². The molecule has 1 aromatic carbocycles. The molecule has 0 spiro atoms. The highest BCUT2D eigenvalue weighted by Gasteiger charge is 2.38. The number of anilines is 2. The van der Waals surface area contributed by atoms with Crippen LogP contribution in [0.1, 0.15) is 35.2 Å². The Bertz CT molecular complexity index is 1510. The van der Waals surface area contributed by atoms with Crippen molar-refractivity contribution in [2.75, 3.05) is 36.0 Å². The predicted molar refractivity (Wildman–Crippen MR) is 148 cm³/mol. The summed E-state index contributed by atoms with van der Waals surface area (Å²) in [5.74, 6) is 0.622. The van der Waals surface area contributed by atoms with Gasteiger partial charge in [0, 0.05) is 37.4 Å². The third-order valence-electron chi connectivity index (χ3n) is 7.43. The lowest BCUT2D eigenvalue weighted by molar-refractivity contribution is -0.137. The molecule has 0 saturated carbocycles. The maximum atomic E-state index is 14.1. The number of ether oxygens (including phenoxy) is 1. The van der Waals surface area contributed by atoms with Crippen molar-refractivity contribution in [1.29, 1.82) is 5.26 Å². The third-order valence-corrected chi connectivity index (χ3v) is 7.43. The molecule has 0 aliphatic carbocycles. The third kappa shape index (κ3) is 5.97. The molecule has 1 amide bonds. The summed E-state index contributed by atoms with van der Waals surface area (Å²) in [6.45, 7) is 6.64. The number of piperazine rings is 1. The molecule has 1 fully saturated rings. The van der Waals surface area contributed by atoms with Gasteiger partial charge in [0.05, 0.1) is 48.7 Å². The van der Waals surface area contributed by atoms with Crippen molar-refractivity contribution in [1.82, 2.24) is 24.8 Å². The van der Waals surface area contributed by atoms with Gasteiger partial charge in [0.2, 0.25) is 5.91 Å². The van der Waals surface area contributed by atoms with Crippen LogP contribution in [0, 0.1) is 18.3 Å². The van der Waals surface area contributed by atoms with Gasteiger partial charge in [0.25, 0.3) is 0 Å². The highest BCUT2D eigenvalue weighted by Crippen LogP contribution is 2.41. The van der Waals surface area contributed by atoms with Crippen LogP contribution in [0.3, 0.4) is 0 Å². The highest BCUT2D eigenvalue weighted by molar-refractivity contribution is 5.87. The summed E-state index contributed by atoms with van der Waals surface area (Å²) < 4.78 is 48.3. The zero-order valence-electron chi connectivity index (χ0n) is 23.0. The van der Waals surface area contributed by atoms with E-state index in [1.54, 1.807) is 15.9 Å². The Hall–Kier alpha value is -4.73. The van der Waals surface area contributed by atoms with Crippen molar-refractivity contribution < 1.29 is 22.7 Å². The van der Waals surface area contributed by atoms with Gasteiger partial charge in [0.1, 0.15) is 12.1 Å². The molecule has 5 rings (SSSR count). The molecule has 1 unspecified atom stereocenters. The standard InChI is InChI=1S/C29H29F3N8O2/c1-3-25(41)40-13-12-39(16-20(40)9-10-33)27-22-7-5-11-38(24-8-4-6-19(2)26(24)29(30,31)32)17-23(22)36-28(37-27)42-21-14-34-18-35-15-21/h3-4,6,8,14-15,18,20H,1,5,7,9,11-13,16-17H2,2H3. The van der Waals surface area contributed by atoms with Gasteiger partial charge in [-0.25, -0.2) is 9.97 Å². The monoisotopic (exact) mass is 578 g/mol. The van der Waals surface area contributed by atoms with E-state index >= 15 is 0 Å². The number of benzene rings is 1. The molecule has 2 aromatic heterocycles. The van der Waals surface area contributed by atoms with E-state index in [0.717, 1.165) is 5.56 Å². The normalized spacial score (nSPS) is 17.2. The number of carbonyl (C=O) groups excluding carboxylic acids is 1. The molecule has 218 valence electrons. The molecule has 0 N–H and O–H groups in total. The summed E-state index contributed by atoms with van der Waals surface area (Å²) in [7, 11) is 0. The van der Waals surface area contributed by atoms with E-state index < -0.39 is 17.8 Å². The van der Waals surface area contributed by atoms with Crippen LogP contribution in [0.5, 0.6) is 11.8 Å². The molecule has 3 aromatic rings. The van der Waals surface area contributed by atoms with Crippen LogP contribution in [0.15, 0.2) is 49.6 Å². The Labute approximate surface area is 241 Å². The van der Waals surface area contributed by atoms with Gasteiger partial charge >= 0.3 is 12.2 Å². The van der Waals surface area contributed by atoms with E-state index in [-0.39, 0.29) is 36.1 Å². The topological polar surface area (TPSA) is 111 Å². The van der Waals surface area contributed by atoms with Crippen LogP contribution in [0.4, 0.5) is 24.7 Å². The number of nitriles is 1. The number of fused-ring (bicyclic) bond motifs is 1. The Morgan fingerprint density at radius 1 is 1.19 bits per heavy atom. The molecule has 13 heteroatoms. The number of hydrogen-bond acceptors (Lipinski definition) is 9. The first-order valence-corrected chi connectivity index (χ1v) is 13.5. The molecular weight excluding hydrogens is 549 g/mol. The first-order valence-electron chi connectivity index (χ1n) is 13.5. The summed E-state index contributed by atoms with van der Waals surface area (Å²) in [5.41, 5.74) is 0.925. The van der Waals surface area contributed by atoms with Crippen LogP contribution in [-0.2, 0) is 23.9 Å². The van der Waals surface area contributed by atoms with E-state index in [4.69, 9.17) is 9.72 Å². The predicted octanol–water partition coefficient (Wildman–Crippen LogP) is 4.46. The van der Waals surface area contributed by atoms with Crippen LogP contribution < -0.4 is 14.5 Å². The fourth-order valence-electron chi connectivity index (χ4n) is 5.56. The smallest absolute Gasteiger partial charge is 0.418 e. The van der Waals surface area contributed by atoms with Crippen molar-refractivity contribution >= 4 is 17.4 Å². The number of amides is 1. The van der Waals surface area contributed by atoms with Crippen LogP contribution in [0.25, 0.3) is 0 Å².